The Morgan fingerprint density at radius 3 is 2.17 bits per heavy atom. The van der Waals surface area contributed by atoms with Crippen molar-refractivity contribution in [2.75, 3.05) is 13.6 Å². The van der Waals surface area contributed by atoms with Gasteiger partial charge in [0.05, 0.1) is 29.3 Å². The summed E-state index contributed by atoms with van der Waals surface area (Å²) in [6, 6.07) is 2.49. The van der Waals surface area contributed by atoms with Crippen LogP contribution in [0.1, 0.15) is 72.5 Å². The van der Waals surface area contributed by atoms with Crippen molar-refractivity contribution < 1.29 is 40.3 Å². The first-order chi connectivity index (χ1) is 18.9. The quantitative estimate of drug-likeness (QED) is 0.424. The average Bonchev–Trinajstić information content (AvgIpc) is 3.29. The van der Waals surface area contributed by atoms with Crippen molar-refractivity contribution in [3.63, 3.8) is 0 Å². The minimum absolute atomic E-state index is 0.0451. The van der Waals surface area contributed by atoms with E-state index in [1.807, 2.05) is 0 Å². The highest BCUT2D eigenvalue weighted by molar-refractivity contribution is 5.80. The van der Waals surface area contributed by atoms with E-state index in [9.17, 15) is 40.3 Å². The first kappa shape index (κ1) is 30.6. The van der Waals surface area contributed by atoms with Crippen LogP contribution in [0.5, 0.6) is 0 Å². The molecule has 3 N–H and O–H groups in total. The van der Waals surface area contributed by atoms with E-state index in [1.54, 1.807) is 13.0 Å². The molecule has 0 saturated carbocycles. The van der Waals surface area contributed by atoms with Crippen LogP contribution >= 0.6 is 0 Å². The van der Waals surface area contributed by atoms with Crippen LogP contribution in [0.25, 0.3) is 0 Å². The van der Waals surface area contributed by atoms with Crippen LogP contribution in [-0.2, 0) is 17.1 Å². The number of nitrogens with zero attached hydrogens (tertiary/aromatic N) is 2. The van der Waals surface area contributed by atoms with E-state index in [-0.39, 0.29) is 18.2 Å². The second-order valence-corrected chi connectivity index (χ2v) is 11.0. The molecule has 2 aliphatic heterocycles. The number of amides is 3. The van der Waals surface area contributed by atoms with Gasteiger partial charge in [-0.05, 0) is 86.6 Å². The number of rotatable bonds is 4. The monoisotopic (exact) mass is 588 g/mol. The van der Waals surface area contributed by atoms with Gasteiger partial charge in [0, 0.05) is 19.1 Å². The number of halogens is 7. The van der Waals surface area contributed by atoms with Gasteiger partial charge < -0.3 is 20.9 Å². The maximum atomic E-state index is 13.9. The van der Waals surface area contributed by atoms with Crippen LogP contribution in [0.4, 0.5) is 35.5 Å². The first-order valence-corrected chi connectivity index (χ1v) is 13.1. The van der Waals surface area contributed by atoms with Gasteiger partial charge in [0.1, 0.15) is 5.82 Å². The summed E-state index contributed by atoms with van der Waals surface area (Å²) in [6.45, 7) is 3.21. The highest BCUT2D eigenvalue weighted by atomic mass is 19.4. The van der Waals surface area contributed by atoms with Crippen LogP contribution in [0.15, 0.2) is 36.4 Å². The molecule has 2 aromatic rings. The Labute approximate surface area is 232 Å². The number of likely N-dealkylation sites (tertiary alicyclic amines) is 1. The van der Waals surface area contributed by atoms with Crippen molar-refractivity contribution in [1.82, 2.24) is 15.1 Å². The van der Waals surface area contributed by atoms with Gasteiger partial charge in [-0.1, -0.05) is 6.07 Å². The summed E-state index contributed by atoms with van der Waals surface area (Å²) in [5.41, 5.74) is 2.91. The lowest BCUT2D eigenvalue weighted by Gasteiger charge is -2.47. The van der Waals surface area contributed by atoms with Gasteiger partial charge in [-0.3, -0.25) is 4.79 Å². The van der Waals surface area contributed by atoms with Crippen LogP contribution in [0.3, 0.4) is 0 Å². The fraction of sp³-hybridized carbons (Fsp3) is 0.500. The number of alkyl halides is 6. The summed E-state index contributed by atoms with van der Waals surface area (Å²) < 4.78 is 94.7. The van der Waals surface area contributed by atoms with Crippen molar-refractivity contribution in [2.45, 2.75) is 75.5 Å². The minimum Gasteiger partial charge on any atom is -0.368 e. The third-order valence-corrected chi connectivity index (χ3v) is 8.34. The molecule has 224 valence electrons. The predicted molar refractivity (Wildman–Crippen MR) is 136 cm³/mol. The third kappa shape index (κ3) is 6.29. The molecule has 0 aromatic heterocycles. The van der Waals surface area contributed by atoms with Crippen molar-refractivity contribution in [3.8, 4) is 0 Å². The maximum Gasteiger partial charge on any atom is 0.416 e. The smallest absolute Gasteiger partial charge is 0.368 e. The van der Waals surface area contributed by atoms with Gasteiger partial charge in [0.2, 0.25) is 5.91 Å². The Bertz CT molecular complexity index is 1300. The van der Waals surface area contributed by atoms with E-state index in [4.69, 9.17) is 5.73 Å². The molecule has 2 aliphatic rings. The lowest BCUT2D eigenvalue weighted by atomic mass is 9.79. The van der Waals surface area contributed by atoms with Crippen LogP contribution in [0, 0.1) is 12.7 Å². The second-order valence-electron chi connectivity index (χ2n) is 11.0. The molecule has 2 heterocycles. The number of nitrogens with one attached hydrogen (secondary N) is 1. The Morgan fingerprint density at radius 1 is 1.05 bits per heavy atom. The highest BCUT2D eigenvalue weighted by Crippen LogP contribution is 2.44. The number of carbonyl (C=O) groups is 2. The second kappa shape index (κ2) is 10.8. The molecule has 6 nitrogen and oxygen atoms in total. The van der Waals surface area contributed by atoms with E-state index in [2.05, 4.69) is 5.32 Å². The molecule has 2 aromatic carbocycles. The summed E-state index contributed by atoms with van der Waals surface area (Å²) in [4.78, 5) is 28.3. The molecule has 0 aliphatic carbocycles. The van der Waals surface area contributed by atoms with Crippen molar-refractivity contribution >= 4 is 11.9 Å². The van der Waals surface area contributed by atoms with E-state index in [0.29, 0.717) is 48.9 Å². The van der Waals surface area contributed by atoms with E-state index >= 15 is 0 Å². The summed E-state index contributed by atoms with van der Waals surface area (Å²) >= 11 is 0. The Balaban J connectivity index is 1.68. The van der Waals surface area contributed by atoms with Crippen molar-refractivity contribution in [3.05, 3.63) is 70.0 Å². The normalized spacial score (nSPS) is 24.0. The zero-order chi connectivity index (χ0) is 30.5. The molecule has 41 heavy (non-hydrogen) atoms. The summed E-state index contributed by atoms with van der Waals surface area (Å²) in [5, 5.41) is 3.30. The number of piperidine rings is 1. The Kier molecular flexibility index (Phi) is 8.07. The minimum atomic E-state index is -5.03. The highest BCUT2D eigenvalue weighted by Gasteiger charge is 2.48. The lowest BCUT2D eigenvalue weighted by Crippen LogP contribution is -2.57. The lowest BCUT2D eigenvalue weighted by molar-refractivity contribution is -0.143. The molecule has 2 fully saturated rings. The predicted octanol–water partition coefficient (Wildman–Crippen LogP) is 6.10. The number of primary amides is 1. The number of benzene rings is 2. The number of urea groups is 1. The number of aryl methyl sites for hydroxylation is 1. The zero-order valence-electron chi connectivity index (χ0n) is 22.7. The maximum absolute atomic E-state index is 13.9. The van der Waals surface area contributed by atoms with E-state index in [1.165, 1.54) is 31.0 Å². The van der Waals surface area contributed by atoms with E-state index < -0.39 is 64.9 Å². The fourth-order valence-corrected chi connectivity index (χ4v) is 5.91. The number of hydrogen-bond donors (Lipinski definition) is 2. The first-order valence-electron chi connectivity index (χ1n) is 13.1. The molecule has 3 amide bonds. The topological polar surface area (TPSA) is 78.7 Å². The number of hydrogen-bond acceptors (Lipinski definition) is 3. The molecule has 4 rings (SSSR count). The standard InChI is InChI=1S/C28H31F7N4O2/c1-15-10-20(29)4-5-21(15)23-14-26(7-6-22(37-26)24(36)40)8-9-39(23)25(41)38(3)16(2)17-11-18(27(30,31)32)13-19(12-17)28(33,34)35/h4-5,10-13,16,22-23,37H,6-9,14H2,1-3H3,(H2,36,40)/t16?,22?,23-,26?/m1/s1. The van der Waals surface area contributed by atoms with Gasteiger partial charge in [-0.2, -0.15) is 26.3 Å². The molecule has 4 atom stereocenters. The van der Waals surface area contributed by atoms with Crippen molar-refractivity contribution in [1.29, 1.82) is 0 Å². The molecule has 0 radical (unpaired) electrons. The van der Waals surface area contributed by atoms with Gasteiger partial charge >= 0.3 is 18.4 Å². The summed E-state index contributed by atoms with van der Waals surface area (Å²) in [5.74, 6) is -0.971. The summed E-state index contributed by atoms with van der Waals surface area (Å²) in [6.07, 6.45) is -8.16. The van der Waals surface area contributed by atoms with Crippen LogP contribution in [0.2, 0.25) is 0 Å². The largest absolute Gasteiger partial charge is 0.416 e. The van der Waals surface area contributed by atoms with Crippen molar-refractivity contribution in [2.24, 2.45) is 5.73 Å². The molecular formula is C28H31F7N4O2. The number of carbonyl (C=O) groups excluding carboxylic acids is 2. The zero-order valence-corrected chi connectivity index (χ0v) is 22.7. The molecule has 2 saturated heterocycles. The SMILES string of the molecule is Cc1cc(F)ccc1[C@H]1CC2(CCC(C(N)=O)N2)CCN1C(=O)N(C)C(C)c1cc(C(F)(F)F)cc(C(F)(F)F)c1. The Hall–Kier alpha value is -3.35. The third-order valence-electron chi connectivity index (χ3n) is 8.34. The van der Waals surface area contributed by atoms with Gasteiger partial charge in [-0.15, -0.1) is 0 Å². The molecule has 3 unspecified atom stereocenters. The Morgan fingerprint density at radius 2 is 1.66 bits per heavy atom. The molecule has 1 spiro atoms. The number of nitrogens with two attached hydrogens (primary N) is 1. The van der Waals surface area contributed by atoms with Crippen LogP contribution < -0.4 is 11.1 Å². The molecule has 13 heteroatoms. The molecule has 0 bridgehead atoms. The van der Waals surface area contributed by atoms with E-state index in [0.717, 1.165) is 4.90 Å². The van der Waals surface area contributed by atoms with Crippen LogP contribution in [-0.4, -0.2) is 46.9 Å². The summed E-state index contributed by atoms with van der Waals surface area (Å²) in [7, 11) is 1.32. The van der Waals surface area contributed by atoms with Gasteiger partial charge in [0.15, 0.2) is 0 Å². The van der Waals surface area contributed by atoms with Gasteiger partial charge in [0.25, 0.3) is 0 Å². The fourth-order valence-electron chi connectivity index (χ4n) is 5.91. The average molecular weight is 589 g/mol. The van der Waals surface area contributed by atoms with Gasteiger partial charge in [-0.25, -0.2) is 9.18 Å². The molecular weight excluding hydrogens is 557 g/mol.